The van der Waals surface area contributed by atoms with E-state index in [-0.39, 0.29) is 11.8 Å². The summed E-state index contributed by atoms with van der Waals surface area (Å²) in [6.45, 7) is 7.48. The van der Waals surface area contributed by atoms with Crippen molar-refractivity contribution in [3.63, 3.8) is 0 Å². The number of rotatable bonds is 7. The van der Waals surface area contributed by atoms with Gasteiger partial charge in [-0.1, -0.05) is 6.07 Å². The van der Waals surface area contributed by atoms with Crippen molar-refractivity contribution in [3.05, 3.63) is 40.0 Å². The molecule has 3 heterocycles. The zero-order valence-corrected chi connectivity index (χ0v) is 17.8. The molecule has 1 aliphatic rings. The Morgan fingerprint density at radius 3 is 3.00 bits per heavy atom. The second-order valence-corrected chi connectivity index (χ2v) is 8.41. The summed E-state index contributed by atoms with van der Waals surface area (Å²) in [4.78, 5) is 28.7. The number of guanidine groups is 1. The fourth-order valence-electron chi connectivity index (χ4n) is 3.39. The number of pyridine rings is 1. The second-order valence-electron chi connectivity index (χ2n) is 7.09. The summed E-state index contributed by atoms with van der Waals surface area (Å²) < 4.78 is 0. The molecule has 29 heavy (non-hydrogen) atoms. The van der Waals surface area contributed by atoms with E-state index in [1.165, 1.54) is 4.88 Å². The fraction of sp³-hybridized carbons (Fsp3) is 0.500. The van der Waals surface area contributed by atoms with Gasteiger partial charge in [-0.05, 0) is 32.8 Å². The van der Waals surface area contributed by atoms with Crippen LogP contribution < -0.4 is 21.3 Å². The number of primary amides is 1. The van der Waals surface area contributed by atoms with E-state index in [1.807, 2.05) is 32.2 Å². The maximum absolute atomic E-state index is 11.6. The number of carbonyl (C=O) groups is 1. The van der Waals surface area contributed by atoms with Gasteiger partial charge in [0.25, 0.3) is 0 Å². The molecule has 0 bridgehead atoms. The quantitative estimate of drug-likeness (QED) is 0.470. The molecule has 9 heteroatoms. The Morgan fingerprint density at radius 2 is 2.28 bits per heavy atom. The van der Waals surface area contributed by atoms with Crippen molar-refractivity contribution in [2.45, 2.75) is 39.8 Å². The van der Waals surface area contributed by atoms with Crippen molar-refractivity contribution in [1.29, 1.82) is 0 Å². The topological polar surface area (TPSA) is 109 Å². The van der Waals surface area contributed by atoms with E-state index in [9.17, 15) is 4.79 Å². The molecule has 1 amide bonds. The normalized spacial score (nSPS) is 17.2. The Labute approximate surface area is 175 Å². The molecule has 1 aliphatic heterocycles. The molecule has 1 atom stereocenters. The predicted octanol–water partition coefficient (Wildman–Crippen LogP) is 1.80. The fourth-order valence-corrected chi connectivity index (χ4v) is 4.12. The van der Waals surface area contributed by atoms with E-state index in [0.717, 1.165) is 48.3 Å². The lowest BCUT2D eigenvalue weighted by Crippen LogP contribution is -2.42. The van der Waals surface area contributed by atoms with Gasteiger partial charge in [0.15, 0.2) is 5.96 Å². The number of aliphatic imine (C=N–C) groups is 1. The van der Waals surface area contributed by atoms with Crippen LogP contribution in [0.1, 0.15) is 35.2 Å². The SMILES string of the molecule is CCNC(=NCc1cccnc1N1CCCC(C(N)=O)C1)NCc1ncc(C)s1. The first-order valence-corrected chi connectivity index (χ1v) is 10.8. The minimum Gasteiger partial charge on any atom is -0.369 e. The van der Waals surface area contributed by atoms with Crippen molar-refractivity contribution in [3.8, 4) is 0 Å². The van der Waals surface area contributed by atoms with Crippen LogP contribution in [0.4, 0.5) is 5.82 Å². The predicted molar refractivity (Wildman–Crippen MR) is 117 cm³/mol. The van der Waals surface area contributed by atoms with E-state index >= 15 is 0 Å². The van der Waals surface area contributed by atoms with Gasteiger partial charge >= 0.3 is 0 Å². The first-order chi connectivity index (χ1) is 14.1. The summed E-state index contributed by atoms with van der Waals surface area (Å²) in [5.74, 6) is 1.27. The maximum Gasteiger partial charge on any atom is 0.222 e. The Balaban J connectivity index is 1.69. The molecule has 3 rings (SSSR count). The van der Waals surface area contributed by atoms with E-state index in [0.29, 0.717) is 19.6 Å². The van der Waals surface area contributed by atoms with Gasteiger partial charge in [-0.2, -0.15) is 0 Å². The van der Waals surface area contributed by atoms with Gasteiger partial charge in [0.1, 0.15) is 10.8 Å². The van der Waals surface area contributed by atoms with Crippen LogP contribution in [-0.2, 0) is 17.9 Å². The van der Waals surface area contributed by atoms with E-state index in [2.05, 4.69) is 25.5 Å². The number of hydrogen-bond acceptors (Lipinski definition) is 6. The highest BCUT2D eigenvalue weighted by Gasteiger charge is 2.25. The second kappa shape index (κ2) is 10.2. The number of nitrogens with two attached hydrogens (primary N) is 1. The number of piperidine rings is 1. The zero-order chi connectivity index (χ0) is 20.6. The summed E-state index contributed by atoms with van der Waals surface area (Å²) in [5, 5.41) is 7.63. The summed E-state index contributed by atoms with van der Waals surface area (Å²) in [6, 6.07) is 3.95. The molecule has 0 spiro atoms. The molecule has 1 unspecified atom stereocenters. The average Bonchev–Trinajstić information content (AvgIpc) is 3.15. The minimum absolute atomic E-state index is 0.122. The summed E-state index contributed by atoms with van der Waals surface area (Å²) in [7, 11) is 0. The van der Waals surface area contributed by atoms with Crippen LogP contribution in [0, 0.1) is 12.8 Å². The summed E-state index contributed by atoms with van der Waals surface area (Å²) >= 11 is 1.68. The first-order valence-electron chi connectivity index (χ1n) is 9.98. The molecule has 2 aromatic heterocycles. The monoisotopic (exact) mass is 415 g/mol. The van der Waals surface area contributed by atoms with Gasteiger partial charge in [-0.3, -0.25) is 4.79 Å². The van der Waals surface area contributed by atoms with Crippen LogP contribution >= 0.6 is 11.3 Å². The number of nitrogens with one attached hydrogen (secondary N) is 2. The third-order valence-corrected chi connectivity index (χ3v) is 5.73. The number of aryl methyl sites for hydroxylation is 1. The van der Waals surface area contributed by atoms with Crippen molar-refractivity contribution in [2.75, 3.05) is 24.5 Å². The number of amides is 1. The largest absolute Gasteiger partial charge is 0.369 e. The van der Waals surface area contributed by atoms with Crippen LogP contribution in [0.15, 0.2) is 29.5 Å². The van der Waals surface area contributed by atoms with Crippen LogP contribution in [0.3, 0.4) is 0 Å². The molecular weight excluding hydrogens is 386 g/mol. The number of nitrogens with zero attached hydrogens (tertiary/aromatic N) is 4. The van der Waals surface area contributed by atoms with Gasteiger partial charge in [0.2, 0.25) is 5.91 Å². The molecule has 0 saturated carbocycles. The van der Waals surface area contributed by atoms with Crippen LogP contribution in [0.2, 0.25) is 0 Å². The first kappa shape index (κ1) is 21.0. The van der Waals surface area contributed by atoms with Crippen LogP contribution in [0.25, 0.3) is 0 Å². The highest BCUT2D eigenvalue weighted by molar-refractivity contribution is 7.11. The molecule has 156 valence electrons. The van der Waals surface area contributed by atoms with E-state index in [1.54, 1.807) is 17.5 Å². The van der Waals surface area contributed by atoms with Gasteiger partial charge in [0, 0.05) is 42.5 Å². The molecule has 0 radical (unpaired) electrons. The van der Waals surface area contributed by atoms with Gasteiger partial charge in [-0.25, -0.2) is 15.0 Å². The average molecular weight is 416 g/mol. The Hall–Kier alpha value is -2.68. The zero-order valence-electron chi connectivity index (χ0n) is 17.0. The minimum atomic E-state index is -0.235. The van der Waals surface area contributed by atoms with Crippen LogP contribution in [0.5, 0.6) is 0 Å². The van der Waals surface area contributed by atoms with Crippen molar-refractivity contribution >= 4 is 29.0 Å². The number of thiazole rings is 1. The van der Waals surface area contributed by atoms with E-state index in [4.69, 9.17) is 10.7 Å². The molecule has 1 fully saturated rings. The van der Waals surface area contributed by atoms with E-state index < -0.39 is 0 Å². The smallest absolute Gasteiger partial charge is 0.222 e. The third kappa shape index (κ3) is 5.90. The Bertz CT molecular complexity index is 851. The standard InChI is InChI=1S/C20H29N7OS/c1-3-22-20(26-12-17-24-10-14(2)29-17)25-11-15-6-4-8-23-19(15)27-9-5-7-16(13-27)18(21)28/h4,6,8,10,16H,3,5,7,9,11-13H2,1-2H3,(H2,21,28)(H2,22,25,26). The van der Waals surface area contributed by atoms with Gasteiger partial charge in [0.05, 0.1) is 19.0 Å². The molecular formula is C20H29N7OS. The highest BCUT2D eigenvalue weighted by Crippen LogP contribution is 2.25. The Kier molecular flexibility index (Phi) is 7.40. The van der Waals surface area contributed by atoms with Gasteiger partial charge in [-0.15, -0.1) is 11.3 Å². The van der Waals surface area contributed by atoms with Crippen LogP contribution in [-0.4, -0.2) is 41.5 Å². The van der Waals surface area contributed by atoms with Gasteiger partial charge < -0.3 is 21.3 Å². The lowest BCUT2D eigenvalue weighted by molar-refractivity contribution is -0.122. The number of carbonyl (C=O) groups excluding carboxylic acids is 1. The number of hydrogen-bond donors (Lipinski definition) is 3. The number of anilines is 1. The lowest BCUT2D eigenvalue weighted by atomic mass is 9.97. The molecule has 4 N–H and O–H groups in total. The van der Waals surface area contributed by atoms with Crippen molar-refractivity contribution in [2.24, 2.45) is 16.6 Å². The van der Waals surface area contributed by atoms with Crippen molar-refractivity contribution in [1.82, 2.24) is 20.6 Å². The molecule has 1 saturated heterocycles. The molecule has 0 aliphatic carbocycles. The summed E-state index contributed by atoms with van der Waals surface area (Å²) in [5.41, 5.74) is 6.56. The summed E-state index contributed by atoms with van der Waals surface area (Å²) in [6.07, 6.45) is 5.44. The highest BCUT2D eigenvalue weighted by atomic mass is 32.1. The maximum atomic E-state index is 11.6. The molecule has 0 aromatic carbocycles. The molecule has 8 nitrogen and oxygen atoms in total. The number of aromatic nitrogens is 2. The Morgan fingerprint density at radius 1 is 1.41 bits per heavy atom. The lowest BCUT2D eigenvalue weighted by Gasteiger charge is -2.33. The van der Waals surface area contributed by atoms with Crippen molar-refractivity contribution < 1.29 is 4.79 Å². The molecule has 2 aromatic rings. The third-order valence-electron chi connectivity index (χ3n) is 4.82.